The predicted octanol–water partition coefficient (Wildman–Crippen LogP) is 3.44. The van der Waals surface area contributed by atoms with Crippen LogP contribution in [0.3, 0.4) is 0 Å². The Morgan fingerprint density at radius 3 is 2.58 bits per heavy atom. The smallest absolute Gasteiger partial charge is 0.0449 e. The van der Waals surface area contributed by atoms with Gasteiger partial charge >= 0.3 is 0 Å². The third-order valence-electron chi connectivity index (χ3n) is 4.58. The Hall–Kier alpha value is -0.860. The van der Waals surface area contributed by atoms with Crippen molar-refractivity contribution in [3.63, 3.8) is 0 Å². The van der Waals surface area contributed by atoms with Crippen molar-refractivity contribution >= 4 is 0 Å². The first-order valence-electron chi connectivity index (χ1n) is 7.56. The minimum atomic E-state index is 0.436. The number of rotatable bonds is 5. The summed E-state index contributed by atoms with van der Waals surface area (Å²) >= 11 is 0. The van der Waals surface area contributed by atoms with E-state index in [9.17, 15) is 0 Å². The molecule has 1 saturated carbocycles. The molecule has 0 aliphatic heterocycles. The van der Waals surface area contributed by atoms with Gasteiger partial charge in [-0.25, -0.2) is 0 Å². The molecule has 0 heterocycles. The Morgan fingerprint density at radius 1 is 1.26 bits per heavy atom. The number of aryl methyl sites for hydroxylation is 2. The number of nitrogens with zero attached hydrogens (tertiary/aromatic N) is 1. The molecule has 1 N–H and O–H groups in total. The third-order valence-corrected chi connectivity index (χ3v) is 4.58. The molecule has 1 aromatic rings. The first-order chi connectivity index (χ1) is 9.11. The average Bonchev–Trinajstić information content (AvgIpc) is 2.93. The number of hydrogen-bond donors (Lipinski definition) is 1. The topological polar surface area (TPSA) is 15.3 Å². The van der Waals surface area contributed by atoms with E-state index >= 15 is 0 Å². The third kappa shape index (κ3) is 3.58. The number of benzene rings is 1. The molecule has 2 heteroatoms. The van der Waals surface area contributed by atoms with Crippen molar-refractivity contribution in [3.05, 3.63) is 34.9 Å². The highest BCUT2D eigenvalue weighted by Crippen LogP contribution is 2.25. The van der Waals surface area contributed by atoms with Crippen molar-refractivity contribution in [2.45, 2.75) is 51.6 Å². The molecular weight excluding hydrogens is 232 g/mol. The fourth-order valence-corrected chi connectivity index (χ4v) is 3.26. The van der Waals surface area contributed by atoms with Crippen LogP contribution in [0.5, 0.6) is 0 Å². The molecule has 106 valence electrons. The van der Waals surface area contributed by atoms with Gasteiger partial charge in [0.15, 0.2) is 0 Å². The molecule has 0 bridgehead atoms. The highest BCUT2D eigenvalue weighted by molar-refractivity contribution is 5.33. The number of nitrogens with one attached hydrogen (secondary N) is 1. The van der Waals surface area contributed by atoms with E-state index in [0.29, 0.717) is 6.04 Å². The predicted molar refractivity (Wildman–Crippen MR) is 82.6 cm³/mol. The maximum Gasteiger partial charge on any atom is 0.0449 e. The number of likely N-dealkylation sites (N-methyl/N-ethyl adjacent to an activating group) is 2. The fraction of sp³-hybridized carbons (Fsp3) is 0.647. The van der Waals surface area contributed by atoms with Crippen molar-refractivity contribution in [3.8, 4) is 0 Å². The fourth-order valence-electron chi connectivity index (χ4n) is 3.26. The Kier molecular flexibility index (Phi) is 5.00. The minimum absolute atomic E-state index is 0.436. The Labute approximate surface area is 118 Å². The Morgan fingerprint density at radius 2 is 1.95 bits per heavy atom. The van der Waals surface area contributed by atoms with Gasteiger partial charge in [-0.3, -0.25) is 0 Å². The first-order valence-corrected chi connectivity index (χ1v) is 7.56. The van der Waals surface area contributed by atoms with Crippen LogP contribution in [0.1, 0.15) is 48.4 Å². The molecule has 0 spiro atoms. The molecule has 1 unspecified atom stereocenters. The molecule has 0 amide bonds. The molecule has 1 aromatic carbocycles. The van der Waals surface area contributed by atoms with E-state index in [4.69, 9.17) is 0 Å². The molecule has 0 saturated heterocycles. The van der Waals surface area contributed by atoms with Crippen LogP contribution in [0.4, 0.5) is 0 Å². The zero-order chi connectivity index (χ0) is 13.8. The van der Waals surface area contributed by atoms with Crippen LogP contribution in [0.2, 0.25) is 0 Å². The lowest BCUT2D eigenvalue weighted by Gasteiger charge is -2.29. The summed E-state index contributed by atoms with van der Waals surface area (Å²) in [7, 11) is 4.36. The van der Waals surface area contributed by atoms with Crippen molar-refractivity contribution < 1.29 is 0 Å². The maximum absolute atomic E-state index is 3.50. The van der Waals surface area contributed by atoms with Gasteiger partial charge in [0, 0.05) is 18.6 Å². The van der Waals surface area contributed by atoms with Gasteiger partial charge in [-0.2, -0.15) is 0 Å². The van der Waals surface area contributed by atoms with Crippen molar-refractivity contribution in [2.75, 3.05) is 20.6 Å². The molecule has 1 aliphatic carbocycles. The largest absolute Gasteiger partial charge is 0.312 e. The molecule has 0 radical (unpaired) electrons. The SMILES string of the molecule is CNC(CN(C)C1CCCC1)c1cc(C)ccc1C. The van der Waals surface area contributed by atoms with E-state index in [1.165, 1.54) is 42.4 Å². The number of hydrogen-bond acceptors (Lipinski definition) is 2. The summed E-state index contributed by atoms with van der Waals surface area (Å²) < 4.78 is 0. The second kappa shape index (κ2) is 6.53. The highest BCUT2D eigenvalue weighted by atomic mass is 15.2. The summed E-state index contributed by atoms with van der Waals surface area (Å²) in [5.74, 6) is 0. The lowest BCUT2D eigenvalue weighted by atomic mass is 9.98. The summed E-state index contributed by atoms with van der Waals surface area (Å²) in [4.78, 5) is 2.55. The van der Waals surface area contributed by atoms with Gasteiger partial charge in [0.1, 0.15) is 0 Å². The lowest BCUT2D eigenvalue weighted by molar-refractivity contribution is 0.222. The van der Waals surface area contributed by atoms with E-state index in [2.05, 4.69) is 56.4 Å². The molecule has 1 fully saturated rings. The van der Waals surface area contributed by atoms with Gasteiger partial charge < -0.3 is 10.2 Å². The molecule has 0 aromatic heterocycles. The molecule has 1 aliphatic rings. The van der Waals surface area contributed by atoms with Crippen molar-refractivity contribution in [2.24, 2.45) is 0 Å². The van der Waals surface area contributed by atoms with Gasteiger partial charge in [-0.1, -0.05) is 36.6 Å². The van der Waals surface area contributed by atoms with E-state index in [1.54, 1.807) is 0 Å². The van der Waals surface area contributed by atoms with E-state index in [0.717, 1.165) is 12.6 Å². The van der Waals surface area contributed by atoms with Gasteiger partial charge in [0.05, 0.1) is 0 Å². The second-order valence-electron chi connectivity index (χ2n) is 6.08. The second-order valence-corrected chi connectivity index (χ2v) is 6.08. The Bertz CT molecular complexity index is 408. The van der Waals surface area contributed by atoms with Crippen LogP contribution in [0.25, 0.3) is 0 Å². The van der Waals surface area contributed by atoms with Gasteiger partial charge in [0.2, 0.25) is 0 Å². The van der Waals surface area contributed by atoms with Crippen LogP contribution in [0, 0.1) is 13.8 Å². The van der Waals surface area contributed by atoms with Gasteiger partial charge in [0.25, 0.3) is 0 Å². The van der Waals surface area contributed by atoms with Crippen LogP contribution in [-0.2, 0) is 0 Å². The summed E-state index contributed by atoms with van der Waals surface area (Å²) in [6.45, 7) is 5.50. The van der Waals surface area contributed by atoms with Crippen molar-refractivity contribution in [1.29, 1.82) is 0 Å². The zero-order valence-electron chi connectivity index (χ0n) is 12.9. The summed E-state index contributed by atoms with van der Waals surface area (Å²) in [6.07, 6.45) is 5.56. The Balaban J connectivity index is 2.08. The van der Waals surface area contributed by atoms with Gasteiger partial charge in [-0.05, 0) is 51.9 Å². The lowest BCUT2D eigenvalue weighted by Crippen LogP contribution is -2.37. The van der Waals surface area contributed by atoms with Gasteiger partial charge in [-0.15, -0.1) is 0 Å². The molecule has 2 nitrogen and oxygen atoms in total. The van der Waals surface area contributed by atoms with E-state index < -0.39 is 0 Å². The average molecular weight is 260 g/mol. The molecule has 2 rings (SSSR count). The summed E-state index contributed by atoms with van der Waals surface area (Å²) in [5, 5.41) is 3.50. The standard InChI is InChI=1S/C17H28N2/c1-13-9-10-14(2)16(11-13)17(18-3)12-19(4)15-7-5-6-8-15/h9-11,15,17-18H,5-8,12H2,1-4H3. The quantitative estimate of drug-likeness (QED) is 0.872. The first kappa shape index (κ1) is 14.5. The monoisotopic (exact) mass is 260 g/mol. The minimum Gasteiger partial charge on any atom is -0.312 e. The molecular formula is C17H28N2. The maximum atomic E-state index is 3.50. The van der Waals surface area contributed by atoms with Crippen molar-refractivity contribution in [1.82, 2.24) is 10.2 Å². The van der Waals surface area contributed by atoms with Crippen LogP contribution >= 0.6 is 0 Å². The summed E-state index contributed by atoms with van der Waals surface area (Å²) in [5.41, 5.74) is 4.20. The van der Waals surface area contributed by atoms with Crippen LogP contribution in [-0.4, -0.2) is 31.6 Å². The zero-order valence-corrected chi connectivity index (χ0v) is 12.9. The molecule has 1 atom stereocenters. The molecule has 19 heavy (non-hydrogen) atoms. The van der Waals surface area contributed by atoms with Crippen LogP contribution < -0.4 is 5.32 Å². The van der Waals surface area contributed by atoms with E-state index in [1.807, 2.05) is 0 Å². The van der Waals surface area contributed by atoms with Crippen LogP contribution in [0.15, 0.2) is 18.2 Å². The highest BCUT2D eigenvalue weighted by Gasteiger charge is 2.22. The summed E-state index contributed by atoms with van der Waals surface area (Å²) in [6, 6.07) is 8.00. The normalized spacial score (nSPS) is 18.2. The van der Waals surface area contributed by atoms with E-state index in [-0.39, 0.29) is 0 Å².